The van der Waals surface area contributed by atoms with Crippen LogP contribution in [0.5, 0.6) is 0 Å². The molecule has 4 saturated carbocycles. The highest BCUT2D eigenvalue weighted by Crippen LogP contribution is 2.78. The van der Waals surface area contributed by atoms with E-state index in [-0.39, 0.29) is 53.2 Å². The van der Waals surface area contributed by atoms with Gasteiger partial charge in [0.25, 0.3) is 0 Å². The van der Waals surface area contributed by atoms with Gasteiger partial charge in [-0.15, -0.1) is 0 Å². The normalized spacial score (nSPS) is 46.4. The molecule has 36 heavy (non-hydrogen) atoms. The molecule has 5 fully saturated rings. The molecule has 8 nitrogen and oxygen atoms in total. The van der Waals surface area contributed by atoms with Crippen LogP contribution < -0.4 is 5.63 Å². The number of epoxide rings is 1. The van der Waals surface area contributed by atoms with Gasteiger partial charge in [0, 0.05) is 36.7 Å². The molecule has 194 valence electrons. The first-order chi connectivity index (χ1) is 17.2. The van der Waals surface area contributed by atoms with Gasteiger partial charge in [-0.05, 0) is 74.3 Å². The summed E-state index contributed by atoms with van der Waals surface area (Å²) in [5.74, 6) is -0.239. The molecule has 0 radical (unpaired) electrons. The Morgan fingerprint density at radius 1 is 1.03 bits per heavy atom. The smallest absolute Gasteiger partial charge is 0.335 e. The van der Waals surface area contributed by atoms with E-state index in [0.29, 0.717) is 6.42 Å². The molecule has 8 heteroatoms. The molecule has 1 aromatic heterocycles. The summed E-state index contributed by atoms with van der Waals surface area (Å²) in [6, 6.07) is 3.20. The molecule has 0 bridgehead atoms. The van der Waals surface area contributed by atoms with E-state index < -0.39 is 22.7 Å². The van der Waals surface area contributed by atoms with Crippen LogP contribution in [0.2, 0.25) is 0 Å². The van der Waals surface area contributed by atoms with Crippen LogP contribution in [0.1, 0.15) is 77.2 Å². The first-order valence-electron chi connectivity index (χ1n) is 13.2. The minimum atomic E-state index is -0.482. The number of carbonyl (C=O) groups is 3. The lowest BCUT2D eigenvalue weighted by Gasteiger charge is -2.60. The fourth-order valence-electron chi connectivity index (χ4n) is 9.35. The zero-order valence-corrected chi connectivity index (χ0v) is 21.1. The topological polar surface area (TPSA) is 112 Å². The van der Waals surface area contributed by atoms with Crippen LogP contribution in [-0.2, 0) is 28.6 Å². The number of hydrogen-bond donors (Lipinski definition) is 0. The lowest BCUT2D eigenvalue weighted by atomic mass is 9.44. The number of ether oxygens (including phenoxy) is 3. The summed E-state index contributed by atoms with van der Waals surface area (Å²) in [5.41, 5.74) is -0.824. The molecule has 5 aliphatic rings. The van der Waals surface area contributed by atoms with E-state index in [1.807, 2.05) is 0 Å². The summed E-state index contributed by atoms with van der Waals surface area (Å²) in [6.45, 7) is 5.08. The predicted molar refractivity (Wildman–Crippen MR) is 126 cm³/mol. The average Bonchev–Trinajstić information content (AvgIpc) is 3.54. The zero-order valence-electron chi connectivity index (χ0n) is 21.1. The third kappa shape index (κ3) is 3.09. The average molecular weight is 499 g/mol. The monoisotopic (exact) mass is 498 g/mol. The van der Waals surface area contributed by atoms with Gasteiger partial charge in [0.1, 0.15) is 30.2 Å². The predicted octanol–water partition coefficient (Wildman–Crippen LogP) is 3.55. The van der Waals surface area contributed by atoms with Crippen LogP contribution in [-0.4, -0.2) is 42.1 Å². The summed E-state index contributed by atoms with van der Waals surface area (Å²) >= 11 is 0. The summed E-state index contributed by atoms with van der Waals surface area (Å²) < 4.78 is 23.3. The Kier molecular flexibility index (Phi) is 5.31. The second-order valence-electron chi connectivity index (χ2n) is 12.0. The van der Waals surface area contributed by atoms with Crippen LogP contribution in [0.3, 0.4) is 0 Å². The quantitative estimate of drug-likeness (QED) is 0.352. The van der Waals surface area contributed by atoms with Gasteiger partial charge in [-0.1, -0.05) is 6.92 Å². The van der Waals surface area contributed by atoms with Crippen molar-refractivity contribution in [3.05, 3.63) is 34.4 Å². The Balaban J connectivity index is 1.36. The van der Waals surface area contributed by atoms with Gasteiger partial charge in [0.15, 0.2) is 0 Å². The Hall–Kier alpha value is -2.48. The van der Waals surface area contributed by atoms with Crippen LogP contribution >= 0.6 is 0 Å². The molecule has 6 rings (SSSR count). The highest BCUT2D eigenvalue weighted by atomic mass is 16.7. The van der Waals surface area contributed by atoms with E-state index in [2.05, 4.69) is 6.92 Å². The molecular formula is C28H34O8. The number of esters is 2. The fraction of sp³-hybridized carbons (Fsp3) is 0.714. The van der Waals surface area contributed by atoms with E-state index in [1.54, 1.807) is 6.07 Å². The number of rotatable bonds is 4. The van der Waals surface area contributed by atoms with E-state index in [4.69, 9.17) is 18.6 Å². The lowest BCUT2D eigenvalue weighted by Crippen LogP contribution is -2.59. The van der Waals surface area contributed by atoms with Crippen molar-refractivity contribution in [3.63, 3.8) is 0 Å². The third-order valence-corrected chi connectivity index (χ3v) is 10.6. The maximum absolute atomic E-state index is 12.9. The van der Waals surface area contributed by atoms with Crippen molar-refractivity contribution in [1.29, 1.82) is 0 Å². The molecule has 1 spiro atoms. The molecule has 0 aromatic carbocycles. The van der Waals surface area contributed by atoms with Gasteiger partial charge >= 0.3 is 17.6 Å². The van der Waals surface area contributed by atoms with Gasteiger partial charge in [0.2, 0.25) is 0 Å². The van der Waals surface area contributed by atoms with Gasteiger partial charge in [-0.2, -0.15) is 0 Å². The van der Waals surface area contributed by atoms with Crippen molar-refractivity contribution in [2.24, 2.45) is 28.6 Å². The fourth-order valence-corrected chi connectivity index (χ4v) is 9.35. The zero-order chi connectivity index (χ0) is 25.5. The van der Waals surface area contributed by atoms with Crippen molar-refractivity contribution >= 4 is 18.2 Å². The number of hydrogen-bond acceptors (Lipinski definition) is 8. The minimum absolute atomic E-state index is 0.119. The van der Waals surface area contributed by atoms with Crippen LogP contribution in [0.25, 0.3) is 0 Å². The largest absolute Gasteiger partial charge is 0.463 e. The standard InChI is InChI=1S/C28H34O8/c1-15(30)34-19-8-11-27(14-29)18(12-19)5-6-21-20(27)9-10-26(3)23(17-4-7-22(32)33-13-17)24(35-16(2)31)25-28(21,26)36-25/h4,7,13-14,18-21,23-25H,5-6,8-12H2,1-3H3. The van der Waals surface area contributed by atoms with Crippen molar-refractivity contribution < 1.29 is 33.0 Å². The van der Waals surface area contributed by atoms with Crippen LogP contribution in [0.4, 0.5) is 0 Å². The molecule has 4 aliphatic carbocycles. The summed E-state index contributed by atoms with van der Waals surface area (Å²) in [4.78, 5) is 48.2. The van der Waals surface area contributed by atoms with Gasteiger partial charge in [-0.3, -0.25) is 9.59 Å². The Labute approximate surface area is 210 Å². The third-order valence-electron chi connectivity index (χ3n) is 10.6. The van der Waals surface area contributed by atoms with Crippen molar-refractivity contribution in [2.45, 2.75) is 95.5 Å². The van der Waals surface area contributed by atoms with Gasteiger partial charge in [0.05, 0.1) is 6.26 Å². The van der Waals surface area contributed by atoms with Gasteiger partial charge in [-0.25, -0.2) is 4.79 Å². The molecule has 1 saturated heterocycles. The molecule has 10 atom stereocenters. The van der Waals surface area contributed by atoms with E-state index in [0.717, 1.165) is 44.1 Å². The lowest BCUT2D eigenvalue weighted by molar-refractivity contribution is -0.171. The SMILES string of the molecule is CC(=O)OC1CCC2(C=O)C(CCC3C2CCC2(C)C(c4ccc(=O)oc4)C(OC(C)=O)C4OC342)C1. The van der Waals surface area contributed by atoms with E-state index in [1.165, 1.54) is 32.5 Å². The maximum atomic E-state index is 12.9. The molecule has 1 aliphatic heterocycles. The van der Waals surface area contributed by atoms with Crippen molar-refractivity contribution in [2.75, 3.05) is 0 Å². The summed E-state index contributed by atoms with van der Waals surface area (Å²) in [5, 5.41) is 0. The van der Waals surface area contributed by atoms with Crippen molar-refractivity contribution in [1.82, 2.24) is 0 Å². The second-order valence-corrected chi connectivity index (χ2v) is 12.0. The molecule has 0 amide bonds. The minimum Gasteiger partial charge on any atom is -0.463 e. The Morgan fingerprint density at radius 2 is 1.81 bits per heavy atom. The van der Waals surface area contributed by atoms with E-state index in [9.17, 15) is 19.2 Å². The molecule has 10 unspecified atom stereocenters. The Morgan fingerprint density at radius 3 is 2.47 bits per heavy atom. The van der Waals surface area contributed by atoms with E-state index >= 15 is 0 Å². The first kappa shape index (κ1) is 23.9. The molecule has 2 heterocycles. The summed E-state index contributed by atoms with van der Waals surface area (Å²) in [6.07, 6.45) is 7.54. The van der Waals surface area contributed by atoms with Crippen LogP contribution in [0, 0.1) is 28.6 Å². The molecule has 0 N–H and O–H groups in total. The van der Waals surface area contributed by atoms with Gasteiger partial charge < -0.3 is 23.4 Å². The maximum Gasteiger partial charge on any atom is 0.335 e. The number of carbonyl (C=O) groups excluding carboxylic acids is 3. The summed E-state index contributed by atoms with van der Waals surface area (Å²) in [7, 11) is 0. The van der Waals surface area contributed by atoms with Crippen LogP contribution in [0.15, 0.2) is 27.6 Å². The second kappa shape index (κ2) is 8.01. The highest BCUT2D eigenvalue weighted by molar-refractivity contribution is 5.67. The Bertz CT molecular complexity index is 1140. The highest BCUT2D eigenvalue weighted by Gasteiger charge is 2.85. The first-order valence-corrected chi connectivity index (χ1v) is 13.2. The van der Waals surface area contributed by atoms with Crippen molar-refractivity contribution in [3.8, 4) is 0 Å². The molecule has 1 aromatic rings. The number of aldehydes is 1. The molecular weight excluding hydrogens is 464 g/mol. The number of fused-ring (bicyclic) bond motifs is 3.